The topological polar surface area (TPSA) is 161 Å². The molecule has 7 atom stereocenters. The molecule has 2 aliphatic heterocycles. The Balaban J connectivity index is 1.48. The van der Waals surface area contributed by atoms with Crippen LogP contribution in [0.1, 0.15) is 81.7 Å². The van der Waals surface area contributed by atoms with E-state index in [0.717, 1.165) is 56.1 Å². The first-order valence-corrected chi connectivity index (χ1v) is 15.9. The number of phenols is 1. The summed E-state index contributed by atoms with van der Waals surface area (Å²) in [4.78, 5) is 5.36. The predicted molar refractivity (Wildman–Crippen MR) is 159 cm³/mol. The number of rotatable bonds is 12. The van der Waals surface area contributed by atoms with Crippen LogP contribution in [0, 0.1) is 17.8 Å². The van der Waals surface area contributed by atoms with Crippen molar-refractivity contribution in [2.75, 3.05) is 26.9 Å². The second kappa shape index (κ2) is 13.4. The lowest BCUT2D eigenvalue weighted by molar-refractivity contribution is -0.226. The summed E-state index contributed by atoms with van der Waals surface area (Å²) >= 11 is 0. The minimum Gasteiger partial charge on any atom is -0.508 e. The van der Waals surface area contributed by atoms with E-state index in [9.17, 15) is 20.4 Å². The summed E-state index contributed by atoms with van der Waals surface area (Å²) in [7, 11) is 1.51. The number of hydrogen-bond donors (Lipinski definition) is 4. The minimum absolute atomic E-state index is 0.0645. The lowest BCUT2D eigenvalue weighted by Gasteiger charge is -2.56. The number of nitrogens with zero attached hydrogens (tertiary/aromatic N) is 4. The number of aliphatic hydroxyl groups excluding tert-OH is 2. The zero-order valence-electron chi connectivity index (χ0n) is 25.3. The number of ether oxygens (including phenoxy) is 3. The highest BCUT2D eigenvalue weighted by Crippen LogP contribution is 2.62. The molecule has 0 spiro atoms. The van der Waals surface area contributed by atoms with E-state index in [4.69, 9.17) is 19.0 Å². The molecule has 4 N–H and O–H groups in total. The van der Waals surface area contributed by atoms with Crippen LogP contribution in [0.25, 0.3) is 0 Å². The zero-order valence-corrected chi connectivity index (χ0v) is 25.3. The summed E-state index contributed by atoms with van der Waals surface area (Å²) in [5, 5.41) is 55.7. The number of allylic oxidation sites excluding steroid dienone is 1. The molecule has 12 nitrogen and oxygen atoms in total. The van der Waals surface area contributed by atoms with Gasteiger partial charge in [0.25, 0.3) is 0 Å². The van der Waals surface area contributed by atoms with Gasteiger partial charge in [-0.3, -0.25) is 0 Å². The standard InChI is InChI=1S/C32H44N4O8/c1-41-34-25-18-27(36-28(19-33-35-36)43-29-10-4-7-15-42-29)32(40)31-23(25)16-20(8-2-5-13-37)22(9-3-6-14-38)30(31)24-17-21(39)11-12-26(24)44-32/h11-12,16-17,19-20,22,27,29-31,37-40H,2-10,13-15,18H2,1H3. The van der Waals surface area contributed by atoms with Crippen molar-refractivity contribution in [3.8, 4) is 17.4 Å². The lowest BCUT2D eigenvalue weighted by atomic mass is 9.55. The van der Waals surface area contributed by atoms with Crippen molar-refractivity contribution in [1.29, 1.82) is 0 Å². The van der Waals surface area contributed by atoms with Crippen molar-refractivity contribution in [2.45, 2.75) is 88.2 Å². The molecular weight excluding hydrogens is 568 g/mol. The maximum Gasteiger partial charge on any atom is 0.238 e. The number of fused-ring (bicyclic) bond motifs is 2. The number of aromatic hydroxyl groups is 1. The number of oxime groups is 1. The van der Waals surface area contributed by atoms with Gasteiger partial charge in [0.1, 0.15) is 30.8 Å². The van der Waals surface area contributed by atoms with Gasteiger partial charge in [-0.25, -0.2) is 4.68 Å². The van der Waals surface area contributed by atoms with Gasteiger partial charge in [-0.15, -0.1) is 5.10 Å². The molecule has 2 aromatic rings. The number of aromatic nitrogens is 3. The van der Waals surface area contributed by atoms with E-state index in [1.54, 1.807) is 22.9 Å². The molecule has 2 fully saturated rings. The normalized spacial score (nSPS) is 31.9. The number of unbranched alkanes of at least 4 members (excludes halogenated alkanes) is 2. The van der Waals surface area contributed by atoms with Crippen LogP contribution in [0.2, 0.25) is 0 Å². The molecule has 0 amide bonds. The van der Waals surface area contributed by atoms with Crippen molar-refractivity contribution in [3.05, 3.63) is 41.6 Å². The van der Waals surface area contributed by atoms with Gasteiger partial charge in [0, 0.05) is 37.5 Å². The molecule has 0 bridgehead atoms. The fraction of sp³-hybridized carbons (Fsp3) is 0.656. The van der Waals surface area contributed by atoms with Crippen LogP contribution in [-0.2, 0) is 9.57 Å². The average molecular weight is 613 g/mol. The number of phenolic OH excluding ortho intramolecular Hbond substituents is 1. The van der Waals surface area contributed by atoms with Crippen LogP contribution in [0.15, 0.2) is 41.2 Å². The van der Waals surface area contributed by atoms with E-state index < -0.39 is 24.0 Å². The molecule has 2 aliphatic carbocycles. The Hall–Kier alpha value is -3.19. The Bertz CT molecular complexity index is 1340. The molecule has 1 aromatic carbocycles. The molecule has 4 aliphatic rings. The summed E-state index contributed by atoms with van der Waals surface area (Å²) in [6.45, 7) is 0.848. The van der Waals surface area contributed by atoms with Crippen LogP contribution in [0.4, 0.5) is 0 Å². The first kappa shape index (κ1) is 30.8. The Morgan fingerprint density at radius 2 is 1.93 bits per heavy atom. The molecule has 0 radical (unpaired) electrons. The molecule has 240 valence electrons. The molecule has 1 saturated carbocycles. The van der Waals surface area contributed by atoms with Crippen LogP contribution < -0.4 is 9.47 Å². The van der Waals surface area contributed by atoms with Crippen LogP contribution in [0.5, 0.6) is 17.4 Å². The fourth-order valence-corrected chi connectivity index (χ4v) is 7.79. The summed E-state index contributed by atoms with van der Waals surface area (Å²) in [5.74, 6) is -1.41. The van der Waals surface area contributed by atoms with Crippen LogP contribution in [-0.4, -0.2) is 80.1 Å². The molecule has 3 heterocycles. The van der Waals surface area contributed by atoms with Gasteiger partial charge in [0.2, 0.25) is 18.0 Å². The molecule has 1 saturated heterocycles. The molecule has 7 unspecified atom stereocenters. The number of aliphatic hydroxyl groups is 3. The second-order valence-electron chi connectivity index (χ2n) is 12.3. The SMILES string of the molecule is CON=C1CC(n2nncc2OC2CCCCO2)C2(O)Oc3ccc(O)cc3C3C(CCCCO)C(CCCCO)C=C1C32. The molecular formula is C32H44N4O8. The van der Waals surface area contributed by atoms with Gasteiger partial charge in [-0.05, 0) is 74.1 Å². The highest BCUT2D eigenvalue weighted by atomic mass is 16.7. The lowest BCUT2D eigenvalue weighted by Crippen LogP contribution is -2.62. The highest BCUT2D eigenvalue weighted by Gasteiger charge is 2.63. The highest BCUT2D eigenvalue weighted by molar-refractivity contribution is 6.02. The van der Waals surface area contributed by atoms with E-state index >= 15 is 0 Å². The third kappa shape index (κ3) is 5.80. The van der Waals surface area contributed by atoms with E-state index in [1.165, 1.54) is 13.3 Å². The van der Waals surface area contributed by atoms with Gasteiger partial charge in [-0.1, -0.05) is 29.3 Å². The Morgan fingerprint density at radius 3 is 2.68 bits per heavy atom. The van der Waals surface area contributed by atoms with Crippen LogP contribution in [0.3, 0.4) is 0 Å². The number of benzene rings is 1. The molecule has 1 aromatic heterocycles. The summed E-state index contributed by atoms with van der Waals surface area (Å²) in [6, 6.07) is 4.26. The fourth-order valence-electron chi connectivity index (χ4n) is 7.79. The molecule has 44 heavy (non-hydrogen) atoms. The Labute approximate surface area is 257 Å². The minimum atomic E-state index is -1.77. The van der Waals surface area contributed by atoms with Crippen LogP contribution >= 0.6 is 0 Å². The Morgan fingerprint density at radius 1 is 1.11 bits per heavy atom. The van der Waals surface area contributed by atoms with Crippen molar-refractivity contribution in [3.63, 3.8) is 0 Å². The van der Waals surface area contributed by atoms with Gasteiger partial charge in [0.15, 0.2) is 0 Å². The van der Waals surface area contributed by atoms with Gasteiger partial charge < -0.3 is 39.5 Å². The Kier molecular flexibility index (Phi) is 9.41. The van der Waals surface area contributed by atoms with Crippen molar-refractivity contribution in [2.24, 2.45) is 22.9 Å². The summed E-state index contributed by atoms with van der Waals surface area (Å²) in [6.07, 6.45) is 10.9. The van der Waals surface area contributed by atoms with Crippen molar-refractivity contribution < 1.29 is 39.5 Å². The second-order valence-corrected chi connectivity index (χ2v) is 12.3. The van der Waals surface area contributed by atoms with E-state index in [0.29, 0.717) is 36.8 Å². The van der Waals surface area contributed by atoms with Crippen molar-refractivity contribution >= 4 is 5.71 Å². The zero-order chi connectivity index (χ0) is 30.7. The van der Waals surface area contributed by atoms with Crippen molar-refractivity contribution in [1.82, 2.24) is 15.0 Å². The largest absolute Gasteiger partial charge is 0.508 e. The van der Waals surface area contributed by atoms with E-state index in [-0.39, 0.29) is 43.1 Å². The maximum absolute atomic E-state index is 12.9. The average Bonchev–Trinajstić information content (AvgIpc) is 3.47. The third-order valence-electron chi connectivity index (χ3n) is 9.69. The predicted octanol–water partition coefficient (Wildman–Crippen LogP) is 3.81. The van der Waals surface area contributed by atoms with E-state index in [2.05, 4.69) is 21.5 Å². The smallest absolute Gasteiger partial charge is 0.238 e. The maximum atomic E-state index is 12.9. The quantitative estimate of drug-likeness (QED) is 0.205. The number of hydrogen-bond acceptors (Lipinski definition) is 11. The third-order valence-corrected chi connectivity index (χ3v) is 9.69. The van der Waals surface area contributed by atoms with Gasteiger partial charge in [-0.2, -0.15) is 0 Å². The first-order valence-electron chi connectivity index (χ1n) is 15.9. The van der Waals surface area contributed by atoms with Gasteiger partial charge in [0.05, 0.1) is 18.2 Å². The van der Waals surface area contributed by atoms with E-state index in [1.807, 2.05) is 0 Å². The first-order chi connectivity index (χ1) is 21.5. The summed E-state index contributed by atoms with van der Waals surface area (Å²) in [5.41, 5.74) is 2.37. The molecule has 12 heteroatoms. The summed E-state index contributed by atoms with van der Waals surface area (Å²) < 4.78 is 20.2. The molecule has 6 rings (SSSR count). The monoisotopic (exact) mass is 612 g/mol. The van der Waals surface area contributed by atoms with Gasteiger partial charge >= 0.3 is 0 Å².